The van der Waals surface area contributed by atoms with E-state index in [1.807, 2.05) is 0 Å². The van der Waals surface area contributed by atoms with Gasteiger partial charge >= 0.3 is 6.03 Å². The molecule has 0 spiro atoms. The molecule has 0 aliphatic heterocycles. The van der Waals surface area contributed by atoms with Crippen molar-refractivity contribution < 1.29 is 9.53 Å². The predicted molar refractivity (Wildman–Crippen MR) is 92.6 cm³/mol. The second-order valence-electron chi connectivity index (χ2n) is 4.41. The maximum atomic E-state index is 10.5. The molecule has 0 saturated carbocycles. The van der Waals surface area contributed by atoms with Crippen LogP contribution >= 0.6 is 34.8 Å². The molecule has 2 amide bonds. The number of carbonyl (C=O) groups is 1. The van der Waals surface area contributed by atoms with Crippen LogP contribution < -0.4 is 15.9 Å². The van der Waals surface area contributed by atoms with Gasteiger partial charge in [0.05, 0.1) is 16.3 Å². The molecule has 2 rings (SSSR count). The zero-order chi connectivity index (χ0) is 16.8. The molecule has 0 heterocycles. The molecule has 0 radical (unpaired) electrons. The summed E-state index contributed by atoms with van der Waals surface area (Å²) in [6, 6.07) is 9.60. The van der Waals surface area contributed by atoms with E-state index in [2.05, 4.69) is 10.5 Å². The van der Waals surface area contributed by atoms with Gasteiger partial charge in [0.2, 0.25) is 0 Å². The Morgan fingerprint density at radius 3 is 2.43 bits per heavy atom. The van der Waals surface area contributed by atoms with E-state index in [-0.39, 0.29) is 6.61 Å². The lowest BCUT2D eigenvalue weighted by Crippen LogP contribution is -2.24. The van der Waals surface area contributed by atoms with Crippen molar-refractivity contribution in [2.75, 3.05) is 0 Å². The summed E-state index contributed by atoms with van der Waals surface area (Å²) >= 11 is 18.2. The van der Waals surface area contributed by atoms with Gasteiger partial charge < -0.3 is 10.5 Å². The van der Waals surface area contributed by atoms with Crippen LogP contribution in [0.3, 0.4) is 0 Å². The van der Waals surface area contributed by atoms with Gasteiger partial charge in [-0.05, 0) is 42.0 Å². The third kappa shape index (κ3) is 5.03. The van der Waals surface area contributed by atoms with Crippen molar-refractivity contribution >= 4 is 47.0 Å². The summed E-state index contributed by atoms with van der Waals surface area (Å²) in [5.74, 6) is 0.622. The van der Waals surface area contributed by atoms with Gasteiger partial charge in [0.15, 0.2) is 0 Å². The van der Waals surface area contributed by atoms with Crippen molar-refractivity contribution in [3.05, 3.63) is 62.6 Å². The SMILES string of the molecule is NC(=O)N/N=C/c1ccc(OCc2c(Cl)ccc(Cl)c2Cl)cc1. The molecule has 0 aromatic heterocycles. The lowest BCUT2D eigenvalue weighted by Gasteiger charge is -2.10. The van der Waals surface area contributed by atoms with E-state index in [1.165, 1.54) is 6.21 Å². The molecule has 0 unspecified atom stereocenters. The van der Waals surface area contributed by atoms with E-state index in [0.29, 0.717) is 26.4 Å². The number of ether oxygens (including phenoxy) is 1. The summed E-state index contributed by atoms with van der Waals surface area (Å²) in [4.78, 5) is 10.5. The quantitative estimate of drug-likeness (QED) is 0.468. The Hall–Kier alpha value is -1.95. The number of halogens is 3. The first-order valence-electron chi connectivity index (χ1n) is 6.41. The van der Waals surface area contributed by atoms with Gasteiger partial charge in [-0.3, -0.25) is 0 Å². The van der Waals surface area contributed by atoms with Crippen LogP contribution in [0.2, 0.25) is 15.1 Å². The minimum atomic E-state index is -0.725. The highest BCUT2D eigenvalue weighted by Crippen LogP contribution is 2.32. The van der Waals surface area contributed by atoms with Gasteiger partial charge in [-0.25, -0.2) is 10.2 Å². The zero-order valence-electron chi connectivity index (χ0n) is 11.7. The number of nitrogens with zero attached hydrogens (tertiary/aromatic N) is 1. The first kappa shape index (κ1) is 17.4. The molecule has 0 saturated heterocycles. The summed E-state index contributed by atoms with van der Waals surface area (Å²) < 4.78 is 5.64. The molecule has 0 aliphatic rings. The Kier molecular flexibility index (Phi) is 6.10. The number of urea groups is 1. The molecule has 0 atom stereocenters. The largest absolute Gasteiger partial charge is 0.489 e. The van der Waals surface area contributed by atoms with Crippen LogP contribution in [0.5, 0.6) is 5.75 Å². The Morgan fingerprint density at radius 2 is 1.78 bits per heavy atom. The first-order chi connectivity index (χ1) is 11.0. The highest BCUT2D eigenvalue weighted by atomic mass is 35.5. The molecule has 2 aromatic carbocycles. The Morgan fingerprint density at radius 1 is 1.13 bits per heavy atom. The molecule has 8 heteroatoms. The summed E-state index contributed by atoms with van der Waals surface area (Å²) in [5, 5.41) is 4.94. The van der Waals surface area contributed by atoms with Crippen LogP contribution in [0.1, 0.15) is 11.1 Å². The molecule has 120 valence electrons. The van der Waals surface area contributed by atoms with Crippen molar-refractivity contribution in [2.45, 2.75) is 6.61 Å². The van der Waals surface area contributed by atoms with Crippen molar-refractivity contribution in [3.8, 4) is 5.75 Å². The van der Waals surface area contributed by atoms with Gasteiger partial charge in [0.1, 0.15) is 12.4 Å². The Labute approximate surface area is 148 Å². The summed E-state index contributed by atoms with van der Waals surface area (Å²) in [7, 11) is 0. The highest BCUT2D eigenvalue weighted by molar-refractivity contribution is 6.44. The van der Waals surface area contributed by atoms with Crippen molar-refractivity contribution in [1.29, 1.82) is 0 Å². The van der Waals surface area contributed by atoms with E-state index in [1.54, 1.807) is 36.4 Å². The average Bonchev–Trinajstić information content (AvgIpc) is 2.52. The minimum absolute atomic E-state index is 0.189. The third-order valence-electron chi connectivity index (χ3n) is 2.79. The van der Waals surface area contributed by atoms with Gasteiger partial charge in [-0.15, -0.1) is 0 Å². The number of rotatable bonds is 5. The smallest absolute Gasteiger partial charge is 0.332 e. The van der Waals surface area contributed by atoms with E-state index in [0.717, 1.165) is 5.56 Å². The number of nitrogens with two attached hydrogens (primary N) is 1. The van der Waals surface area contributed by atoms with Gasteiger partial charge in [-0.1, -0.05) is 34.8 Å². The molecular weight excluding hydrogens is 361 g/mol. The van der Waals surface area contributed by atoms with Crippen LogP contribution in [0, 0.1) is 0 Å². The standard InChI is InChI=1S/C15H12Cl3N3O2/c16-12-5-6-13(17)14(18)11(12)8-23-10-3-1-9(2-4-10)7-20-21-15(19)22/h1-7H,8H2,(H3,19,21,22)/b20-7+. The van der Waals surface area contributed by atoms with Gasteiger partial charge in [0, 0.05) is 10.6 Å². The van der Waals surface area contributed by atoms with E-state index >= 15 is 0 Å². The monoisotopic (exact) mass is 371 g/mol. The number of carbonyl (C=O) groups excluding carboxylic acids is 1. The molecule has 3 N–H and O–H groups in total. The van der Waals surface area contributed by atoms with Crippen molar-refractivity contribution in [3.63, 3.8) is 0 Å². The lowest BCUT2D eigenvalue weighted by molar-refractivity contribution is 0.249. The molecule has 0 fully saturated rings. The number of nitrogens with one attached hydrogen (secondary N) is 1. The molecule has 0 bridgehead atoms. The van der Waals surface area contributed by atoms with E-state index < -0.39 is 6.03 Å². The van der Waals surface area contributed by atoms with Crippen LogP contribution in [-0.4, -0.2) is 12.2 Å². The molecule has 2 aromatic rings. The fourth-order valence-corrected chi connectivity index (χ4v) is 2.33. The fourth-order valence-electron chi connectivity index (χ4n) is 1.68. The Bertz CT molecular complexity index is 733. The van der Waals surface area contributed by atoms with Gasteiger partial charge in [0.25, 0.3) is 0 Å². The Balaban J connectivity index is 2.01. The number of primary amides is 1. The highest BCUT2D eigenvalue weighted by Gasteiger charge is 2.10. The number of hydrogen-bond acceptors (Lipinski definition) is 3. The lowest BCUT2D eigenvalue weighted by atomic mass is 10.2. The third-order valence-corrected chi connectivity index (χ3v) is 3.99. The van der Waals surface area contributed by atoms with E-state index in [9.17, 15) is 4.79 Å². The maximum absolute atomic E-state index is 10.5. The van der Waals surface area contributed by atoms with Crippen molar-refractivity contribution in [1.82, 2.24) is 5.43 Å². The molecule has 5 nitrogen and oxygen atoms in total. The summed E-state index contributed by atoms with van der Waals surface area (Å²) in [6.45, 7) is 0.189. The normalized spacial score (nSPS) is 10.7. The zero-order valence-corrected chi connectivity index (χ0v) is 14.0. The van der Waals surface area contributed by atoms with Crippen molar-refractivity contribution in [2.24, 2.45) is 10.8 Å². The predicted octanol–water partition coefficient (Wildman–Crippen LogP) is 4.23. The molecule has 0 aliphatic carbocycles. The van der Waals surface area contributed by atoms with Crippen LogP contribution in [0.15, 0.2) is 41.5 Å². The maximum Gasteiger partial charge on any atom is 0.332 e. The second kappa shape index (κ2) is 8.06. The molecular formula is C15H12Cl3N3O2. The fraction of sp³-hybridized carbons (Fsp3) is 0.0667. The summed E-state index contributed by atoms with van der Waals surface area (Å²) in [5.41, 5.74) is 8.39. The van der Waals surface area contributed by atoms with Crippen LogP contribution in [0.25, 0.3) is 0 Å². The van der Waals surface area contributed by atoms with Crippen LogP contribution in [-0.2, 0) is 6.61 Å². The summed E-state index contributed by atoms with van der Waals surface area (Å²) in [6.07, 6.45) is 1.46. The van der Waals surface area contributed by atoms with E-state index in [4.69, 9.17) is 45.3 Å². The number of hydrogen-bond donors (Lipinski definition) is 2. The number of amides is 2. The minimum Gasteiger partial charge on any atom is -0.489 e. The molecule has 23 heavy (non-hydrogen) atoms. The first-order valence-corrected chi connectivity index (χ1v) is 7.54. The topological polar surface area (TPSA) is 76.7 Å². The van der Waals surface area contributed by atoms with Crippen LogP contribution in [0.4, 0.5) is 4.79 Å². The number of benzene rings is 2. The average molecular weight is 373 g/mol. The second-order valence-corrected chi connectivity index (χ2v) is 5.61. The number of hydrazone groups is 1. The van der Waals surface area contributed by atoms with Gasteiger partial charge in [-0.2, -0.15) is 5.10 Å².